The van der Waals surface area contributed by atoms with Crippen molar-refractivity contribution in [3.63, 3.8) is 0 Å². The Labute approximate surface area is 157 Å². The number of benzene rings is 1. The summed E-state index contributed by atoms with van der Waals surface area (Å²) in [5, 5.41) is 8.55. The number of hydrogen-bond acceptors (Lipinski definition) is 4. The SMILES string of the molecule is CCCc1cc(-c2nc(-c3ccc(NC(=O)NCC)cc3)cs2)ccn1. The number of rotatable bonds is 6. The topological polar surface area (TPSA) is 66.9 Å². The van der Waals surface area contributed by atoms with Crippen molar-refractivity contribution in [3.05, 3.63) is 53.7 Å². The highest BCUT2D eigenvalue weighted by atomic mass is 32.1. The van der Waals surface area contributed by atoms with Gasteiger partial charge < -0.3 is 10.6 Å². The summed E-state index contributed by atoms with van der Waals surface area (Å²) in [6.45, 7) is 4.64. The molecule has 0 saturated heterocycles. The fraction of sp³-hybridized carbons (Fsp3) is 0.250. The second-order valence-corrected chi connectivity index (χ2v) is 6.74. The lowest BCUT2D eigenvalue weighted by molar-refractivity contribution is 0.252. The largest absolute Gasteiger partial charge is 0.338 e. The van der Waals surface area contributed by atoms with Crippen LogP contribution in [0.1, 0.15) is 26.0 Å². The molecule has 0 saturated carbocycles. The van der Waals surface area contributed by atoms with E-state index in [0.29, 0.717) is 6.54 Å². The Morgan fingerprint density at radius 1 is 1.12 bits per heavy atom. The standard InChI is InChI=1S/C20H22N4OS/c1-3-5-17-12-15(10-11-22-17)19-24-18(13-26-19)14-6-8-16(9-7-14)23-20(25)21-4-2/h6-13H,3-5H2,1-2H3,(H2,21,23,25). The highest BCUT2D eigenvalue weighted by molar-refractivity contribution is 7.13. The van der Waals surface area contributed by atoms with E-state index in [1.165, 1.54) is 0 Å². The number of thiazole rings is 1. The predicted molar refractivity (Wildman–Crippen MR) is 107 cm³/mol. The van der Waals surface area contributed by atoms with Gasteiger partial charge in [-0.1, -0.05) is 25.5 Å². The molecule has 0 aliphatic carbocycles. The van der Waals surface area contributed by atoms with E-state index in [0.717, 1.165) is 46.1 Å². The van der Waals surface area contributed by atoms with Crippen molar-refractivity contribution in [2.45, 2.75) is 26.7 Å². The maximum atomic E-state index is 11.6. The van der Waals surface area contributed by atoms with E-state index in [2.05, 4.69) is 34.0 Å². The first-order chi connectivity index (χ1) is 12.7. The molecule has 0 atom stereocenters. The fourth-order valence-corrected chi connectivity index (χ4v) is 3.43. The van der Waals surface area contributed by atoms with E-state index in [1.807, 2.05) is 43.5 Å². The molecule has 2 amide bonds. The van der Waals surface area contributed by atoms with Gasteiger partial charge in [0.05, 0.1) is 5.69 Å². The summed E-state index contributed by atoms with van der Waals surface area (Å²) in [6, 6.07) is 11.6. The Morgan fingerprint density at radius 3 is 2.65 bits per heavy atom. The molecule has 0 radical (unpaired) electrons. The van der Waals surface area contributed by atoms with Crippen LogP contribution in [0.25, 0.3) is 21.8 Å². The number of nitrogens with zero attached hydrogens (tertiary/aromatic N) is 2. The second kappa shape index (κ2) is 8.58. The van der Waals surface area contributed by atoms with Gasteiger partial charge in [-0.25, -0.2) is 9.78 Å². The van der Waals surface area contributed by atoms with E-state index in [1.54, 1.807) is 11.3 Å². The number of amides is 2. The van der Waals surface area contributed by atoms with Crippen LogP contribution >= 0.6 is 11.3 Å². The van der Waals surface area contributed by atoms with Crippen LogP contribution in [0, 0.1) is 0 Å². The number of urea groups is 1. The number of hydrogen-bond donors (Lipinski definition) is 2. The zero-order chi connectivity index (χ0) is 18.4. The van der Waals surface area contributed by atoms with Gasteiger partial charge in [0.1, 0.15) is 5.01 Å². The Bertz CT molecular complexity index is 874. The third-order valence-corrected chi connectivity index (χ3v) is 4.74. The maximum absolute atomic E-state index is 11.6. The summed E-state index contributed by atoms with van der Waals surface area (Å²) in [5.74, 6) is 0. The predicted octanol–water partition coefficient (Wildman–Crippen LogP) is 4.97. The van der Waals surface area contributed by atoms with Gasteiger partial charge in [0.15, 0.2) is 0 Å². The lowest BCUT2D eigenvalue weighted by Crippen LogP contribution is -2.28. The minimum Gasteiger partial charge on any atom is -0.338 e. The molecule has 0 unspecified atom stereocenters. The van der Waals surface area contributed by atoms with Crippen LogP contribution in [-0.4, -0.2) is 22.5 Å². The van der Waals surface area contributed by atoms with Crippen molar-refractivity contribution >= 4 is 23.1 Å². The van der Waals surface area contributed by atoms with Gasteiger partial charge in [-0.3, -0.25) is 4.98 Å². The minimum atomic E-state index is -0.197. The van der Waals surface area contributed by atoms with Crippen molar-refractivity contribution < 1.29 is 4.79 Å². The van der Waals surface area contributed by atoms with Gasteiger partial charge in [-0.05, 0) is 37.6 Å². The normalized spacial score (nSPS) is 10.5. The first-order valence-corrected chi connectivity index (χ1v) is 9.63. The molecule has 1 aromatic carbocycles. The molecule has 5 nitrogen and oxygen atoms in total. The van der Waals surface area contributed by atoms with Gasteiger partial charge in [0.2, 0.25) is 0 Å². The van der Waals surface area contributed by atoms with Crippen molar-refractivity contribution in [3.8, 4) is 21.8 Å². The number of carbonyl (C=O) groups is 1. The number of anilines is 1. The molecule has 0 spiro atoms. The molecule has 0 fully saturated rings. The zero-order valence-electron chi connectivity index (χ0n) is 15.0. The van der Waals surface area contributed by atoms with Crippen molar-refractivity contribution in [1.29, 1.82) is 0 Å². The van der Waals surface area contributed by atoms with Gasteiger partial charge in [-0.15, -0.1) is 11.3 Å². The van der Waals surface area contributed by atoms with Crippen LogP contribution in [0.3, 0.4) is 0 Å². The summed E-state index contributed by atoms with van der Waals surface area (Å²) in [6.07, 6.45) is 3.91. The Balaban J connectivity index is 1.75. The first-order valence-electron chi connectivity index (χ1n) is 8.75. The smallest absolute Gasteiger partial charge is 0.319 e. The molecule has 6 heteroatoms. The van der Waals surface area contributed by atoms with Crippen LogP contribution in [-0.2, 0) is 6.42 Å². The minimum absolute atomic E-state index is 0.197. The molecule has 0 aliphatic heterocycles. The Hall–Kier alpha value is -2.73. The zero-order valence-corrected chi connectivity index (χ0v) is 15.8. The summed E-state index contributed by atoms with van der Waals surface area (Å²) in [5.41, 5.74) is 4.92. The fourth-order valence-electron chi connectivity index (χ4n) is 2.60. The number of pyridine rings is 1. The maximum Gasteiger partial charge on any atom is 0.319 e. The molecule has 2 aromatic heterocycles. The number of aromatic nitrogens is 2. The third-order valence-electron chi connectivity index (χ3n) is 3.85. The van der Waals surface area contributed by atoms with Crippen molar-refractivity contribution in [2.75, 3.05) is 11.9 Å². The van der Waals surface area contributed by atoms with E-state index < -0.39 is 0 Å². The van der Waals surface area contributed by atoms with Gasteiger partial charge >= 0.3 is 6.03 Å². The molecule has 3 rings (SSSR count). The van der Waals surface area contributed by atoms with E-state index >= 15 is 0 Å². The van der Waals surface area contributed by atoms with Crippen LogP contribution in [0.4, 0.5) is 10.5 Å². The van der Waals surface area contributed by atoms with Crippen LogP contribution in [0.5, 0.6) is 0 Å². The highest BCUT2D eigenvalue weighted by Gasteiger charge is 2.08. The van der Waals surface area contributed by atoms with E-state index in [9.17, 15) is 4.79 Å². The van der Waals surface area contributed by atoms with Crippen LogP contribution < -0.4 is 10.6 Å². The summed E-state index contributed by atoms with van der Waals surface area (Å²) >= 11 is 1.63. The average Bonchev–Trinajstić information content (AvgIpc) is 3.13. The second-order valence-electron chi connectivity index (χ2n) is 5.89. The molecule has 3 aromatic rings. The van der Waals surface area contributed by atoms with E-state index in [4.69, 9.17) is 4.98 Å². The number of carbonyl (C=O) groups excluding carboxylic acids is 1. The molecule has 2 N–H and O–H groups in total. The quantitative estimate of drug-likeness (QED) is 0.647. The van der Waals surface area contributed by atoms with Crippen LogP contribution in [0.15, 0.2) is 48.0 Å². The molecule has 0 aliphatic rings. The molecular weight excluding hydrogens is 344 g/mol. The van der Waals surface area contributed by atoms with Gasteiger partial charge in [-0.2, -0.15) is 0 Å². The molecule has 0 bridgehead atoms. The van der Waals surface area contributed by atoms with E-state index in [-0.39, 0.29) is 6.03 Å². The van der Waals surface area contributed by atoms with Gasteiger partial charge in [0, 0.05) is 40.6 Å². The average molecular weight is 366 g/mol. The van der Waals surface area contributed by atoms with Gasteiger partial charge in [0.25, 0.3) is 0 Å². The summed E-state index contributed by atoms with van der Waals surface area (Å²) < 4.78 is 0. The third kappa shape index (κ3) is 4.46. The number of nitrogens with one attached hydrogen (secondary N) is 2. The molecule has 26 heavy (non-hydrogen) atoms. The highest BCUT2D eigenvalue weighted by Crippen LogP contribution is 2.29. The summed E-state index contributed by atoms with van der Waals surface area (Å²) in [7, 11) is 0. The van der Waals surface area contributed by atoms with Crippen molar-refractivity contribution in [1.82, 2.24) is 15.3 Å². The molecule has 134 valence electrons. The lowest BCUT2D eigenvalue weighted by Gasteiger charge is -2.06. The molecular formula is C20H22N4OS. The van der Waals surface area contributed by atoms with Crippen molar-refractivity contribution in [2.24, 2.45) is 0 Å². The lowest BCUT2D eigenvalue weighted by atomic mass is 10.1. The first kappa shape index (κ1) is 18.1. The number of aryl methyl sites for hydroxylation is 1. The Kier molecular flexibility index (Phi) is 5.96. The summed E-state index contributed by atoms with van der Waals surface area (Å²) in [4.78, 5) is 20.7. The Morgan fingerprint density at radius 2 is 1.92 bits per heavy atom. The molecule has 2 heterocycles. The monoisotopic (exact) mass is 366 g/mol. The van der Waals surface area contributed by atoms with Crippen LogP contribution in [0.2, 0.25) is 0 Å².